The molecule has 0 aromatic heterocycles. The van der Waals surface area contributed by atoms with Crippen molar-refractivity contribution in [2.75, 3.05) is 7.11 Å². The highest BCUT2D eigenvalue weighted by molar-refractivity contribution is 5.75. The number of para-hydroxylation sites is 2. The molecule has 2 aromatic rings. The normalized spacial score (nSPS) is 9.83. The molecular weight excluding hydrogens is 228 g/mol. The van der Waals surface area contributed by atoms with Gasteiger partial charge in [-0.25, -0.2) is 0 Å². The molecule has 0 amide bonds. The molecule has 0 spiro atoms. The van der Waals surface area contributed by atoms with Gasteiger partial charge in [-0.1, -0.05) is 42.5 Å². The fraction of sp³-hybridized carbons (Fsp3) is 0.133. The Morgan fingerprint density at radius 1 is 0.944 bits per heavy atom. The van der Waals surface area contributed by atoms with Crippen LogP contribution in [0.1, 0.15) is 5.56 Å². The van der Waals surface area contributed by atoms with Gasteiger partial charge in [0.05, 0.1) is 13.5 Å². The van der Waals surface area contributed by atoms with Crippen molar-refractivity contribution in [3.05, 3.63) is 60.2 Å². The van der Waals surface area contributed by atoms with Gasteiger partial charge in [0.2, 0.25) is 0 Å². The minimum atomic E-state index is -0.300. The lowest BCUT2D eigenvalue weighted by Gasteiger charge is -2.08. The van der Waals surface area contributed by atoms with Crippen LogP contribution in [-0.4, -0.2) is 13.1 Å². The number of benzene rings is 2. The van der Waals surface area contributed by atoms with E-state index in [-0.39, 0.29) is 12.4 Å². The molecular formula is C15H14O3. The van der Waals surface area contributed by atoms with Gasteiger partial charge in [-0.05, 0) is 17.7 Å². The summed E-state index contributed by atoms with van der Waals surface area (Å²) in [5.74, 6) is 0.700. The molecule has 0 atom stereocenters. The lowest BCUT2D eigenvalue weighted by atomic mass is 10.2. The van der Waals surface area contributed by atoms with Crippen molar-refractivity contribution in [3.8, 4) is 11.5 Å². The maximum Gasteiger partial charge on any atom is 0.315 e. The van der Waals surface area contributed by atoms with Gasteiger partial charge in [-0.15, -0.1) is 0 Å². The third kappa shape index (κ3) is 3.10. The van der Waals surface area contributed by atoms with Gasteiger partial charge in [0.1, 0.15) is 0 Å². The minimum Gasteiger partial charge on any atom is -0.493 e. The first-order valence-corrected chi connectivity index (χ1v) is 5.67. The Labute approximate surface area is 106 Å². The van der Waals surface area contributed by atoms with Gasteiger partial charge >= 0.3 is 5.97 Å². The van der Waals surface area contributed by atoms with Crippen molar-refractivity contribution in [2.24, 2.45) is 0 Å². The summed E-state index contributed by atoms with van der Waals surface area (Å²) < 4.78 is 10.4. The fourth-order valence-electron chi connectivity index (χ4n) is 1.62. The summed E-state index contributed by atoms with van der Waals surface area (Å²) in [6.07, 6.45) is 0.249. The summed E-state index contributed by atoms with van der Waals surface area (Å²) in [4.78, 5) is 11.8. The van der Waals surface area contributed by atoms with E-state index in [9.17, 15) is 4.79 Å². The smallest absolute Gasteiger partial charge is 0.315 e. The van der Waals surface area contributed by atoms with E-state index in [0.29, 0.717) is 11.5 Å². The molecule has 0 aliphatic heterocycles. The molecule has 0 fully saturated rings. The van der Waals surface area contributed by atoms with E-state index in [0.717, 1.165) is 5.56 Å². The van der Waals surface area contributed by atoms with Crippen molar-refractivity contribution in [1.82, 2.24) is 0 Å². The quantitative estimate of drug-likeness (QED) is 0.611. The first-order valence-electron chi connectivity index (χ1n) is 5.67. The van der Waals surface area contributed by atoms with Crippen molar-refractivity contribution in [1.29, 1.82) is 0 Å². The largest absolute Gasteiger partial charge is 0.493 e. The third-order valence-corrected chi connectivity index (χ3v) is 2.48. The first-order chi connectivity index (χ1) is 8.79. The molecule has 0 aliphatic carbocycles. The van der Waals surface area contributed by atoms with E-state index in [1.165, 1.54) is 0 Å². The molecule has 3 heteroatoms. The summed E-state index contributed by atoms with van der Waals surface area (Å²) in [5, 5.41) is 0. The number of carbonyl (C=O) groups is 1. The predicted molar refractivity (Wildman–Crippen MR) is 68.8 cm³/mol. The van der Waals surface area contributed by atoms with Crippen LogP contribution in [0.25, 0.3) is 0 Å². The fourth-order valence-corrected chi connectivity index (χ4v) is 1.62. The summed E-state index contributed by atoms with van der Waals surface area (Å²) >= 11 is 0. The highest BCUT2D eigenvalue weighted by Gasteiger charge is 2.09. The first kappa shape index (κ1) is 12.2. The van der Waals surface area contributed by atoms with Crippen LogP contribution in [0.15, 0.2) is 54.6 Å². The molecule has 92 valence electrons. The van der Waals surface area contributed by atoms with Crippen LogP contribution in [0.5, 0.6) is 11.5 Å². The molecule has 2 aromatic carbocycles. The standard InChI is InChI=1S/C15H14O3/c1-17-13-9-5-6-10-14(13)18-15(16)11-12-7-3-2-4-8-12/h2-10H,11H2,1H3. The van der Waals surface area contributed by atoms with Gasteiger partial charge in [0, 0.05) is 0 Å². The SMILES string of the molecule is COc1ccccc1OC(=O)Cc1ccccc1. The van der Waals surface area contributed by atoms with Gasteiger partial charge in [-0.2, -0.15) is 0 Å². The molecule has 3 nitrogen and oxygen atoms in total. The molecule has 0 saturated heterocycles. The molecule has 2 rings (SSSR count). The summed E-state index contributed by atoms with van der Waals surface area (Å²) in [6, 6.07) is 16.6. The molecule has 0 saturated carbocycles. The monoisotopic (exact) mass is 242 g/mol. The van der Waals surface area contributed by atoms with Crippen LogP contribution in [0.4, 0.5) is 0 Å². The molecule has 0 radical (unpaired) electrons. The number of esters is 1. The molecule has 18 heavy (non-hydrogen) atoms. The van der Waals surface area contributed by atoms with Crippen LogP contribution < -0.4 is 9.47 Å². The van der Waals surface area contributed by atoms with Crippen molar-refractivity contribution in [3.63, 3.8) is 0 Å². The lowest BCUT2D eigenvalue weighted by molar-refractivity contribution is -0.133. The zero-order valence-electron chi connectivity index (χ0n) is 10.1. The van der Waals surface area contributed by atoms with E-state index in [1.54, 1.807) is 25.3 Å². The van der Waals surface area contributed by atoms with Crippen LogP contribution >= 0.6 is 0 Å². The highest BCUT2D eigenvalue weighted by atomic mass is 16.6. The number of carbonyl (C=O) groups excluding carboxylic acids is 1. The average molecular weight is 242 g/mol. The van der Waals surface area contributed by atoms with E-state index in [4.69, 9.17) is 9.47 Å². The molecule has 0 unspecified atom stereocenters. The Hall–Kier alpha value is -2.29. The Morgan fingerprint density at radius 2 is 1.56 bits per heavy atom. The second-order valence-electron chi connectivity index (χ2n) is 3.79. The molecule has 0 aliphatic rings. The summed E-state index contributed by atoms with van der Waals surface area (Å²) in [7, 11) is 1.55. The number of hydrogen-bond acceptors (Lipinski definition) is 3. The third-order valence-electron chi connectivity index (χ3n) is 2.48. The second-order valence-corrected chi connectivity index (χ2v) is 3.79. The Kier molecular flexibility index (Phi) is 3.97. The lowest BCUT2D eigenvalue weighted by Crippen LogP contribution is -2.11. The van der Waals surface area contributed by atoms with Crippen molar-refractivity contribution < 1.29 is 14.3 Å². The van der Waals surface area contributed by atoms with E-state index in [2.05, 4.69) is 0 Å². The van der Waals surface area contributed by atoms with Crippen LogP contribution in [-0.2, 0) is 11.2 Å². The molecule has 0 heterocycles. The van der Waals surface area contributed by atoms with Gasteiger partial charge in [0.25, 0.3) is 0 Å². The van der Waals surface area contributed by atoms with Crippen LogP contribution in [0.3, 0.4) is 0 Å². The van der Waals surface area contributed by atoms with E-state index in [1.807, 2.05) is 36.4 Å². The second kappa shape index (κ2) is 5.87. The average Bonchev–Trinajstić information content (AvgIpc) is 2.40. The topological polar surface area (TPSA) is 35.5 Å². The minimum absolute atomic E-state index is 0.249. The summed E-state index contributed by atoms with van der Waals surface area (Å²) in [6.45, 7) is 0. The number of rotatable bonds is 4. The Bertz CT molecular complexity index is 520. The zero-order valence-corrected chi connectivity index (χ0v) is 10.1. The van der Waals surface area contributed by atoms with Crippen molar-refractivity contribution >= 4 is 5.97 Å². The molecule has 0 N–H and O–H groups in total. The Morgan fingerprint density at radius 3 is 2.22 bits per heavy atom. The van der Waals surface area contributed by atoms with Gasteiger partial charge < -0.3 is 9.47 Å². The number of hydrogen-bond donors (Lipinski definition) is 0. The Balaban J connectivity index is 2.03. The predicted octanol–water partition coefficient (Wildman–Crippen LogP) is 2.84. The van der Waals surface area contributed by atoms with E-state index < -0.39 is 0 Å². The maximum absolute atomic E-state index is 11.8. The number of methoxy groups -OCH3 is 1. The van der Waals surface area contributed by atoms with Crippen LogP contribution in [0, 0.1) is 0 Å². The van der Waals surface area contributed by atoms with E-state index >= 15 is 0 Å². The molecule has 0 bridgehead atoms. The zero-order chi connectivity index (χ0) is 12.8. The number of ether oxygens (including phenoxy) is 2. The summed E-state index contributed by atoms with van der Waals surface area (Å²) in [5.41, 5.74) is 0.928. The van der Waals surface area contributed by atoms with Gasteiger partial charge in [-0.3, -0.25) is 4.79 Å². The van der Waals surface area contributed by atoms with Gasteiger partial charge in [0.15, 0.2) is 11.5 Å². The highest BCUT2D eigenvalue weighted by Crippen LogP contribution is 2.26. The maximum atomic E-state index is 11.8. The van der Waals surface area contributed by atoms with Crippen molar-refractivity contribution in [2.45, 2.75) is 6.42 Å². The van der Waals surface area contributed by atoms with Crippen LogP contribution in [0.2, 0.25) is 0 Å².